The van der Waals surface area contributed by atoms with Crippen LogP contribution < -0.4 is 10.1 Å². The number of hydrogen-bond acceptors (Lipinski definition) is 7. The van der Waals surface area contributed by atoms with Crippen molar-refractivity contribution in [3.63, 3.8) is 0 Å². The Balaban J connectivity index is 1.67. The van der Waals surface area contributed by atoms with E-state index in [-0.39, 0.29) is 30.1 Å². The molecule has 1 N–H and O–H groups in total. The quantitative estimate of drug-likeness (QED) is 0.493. The van der Waals surface area contributed by atoms with E-state index >= 15 is 0 Å². The largest absolute Gasteiger partial charge is 0.472 e. The van der Waals surface area contributed by atoms with Crippen molar-refractivity contribution in [3.8, 4) is 11.6 Å². The average Bonchev–Trinajstić information content (AvgIpc) is 3.18. The molecule has 2 bridgehead atoms. The van der Waals surface area contributed by atoms with Crippen molar-refractivity contribution in [2.75, 3.05) is 11.9 Å². The molecule has 0 fully saturated rings. The Morgan fingerprint density at radius 3 is 2.90 bits per heavy atom. The summed E-state index contributed by atoms with van der Waals surface area (Å²) < 4.78 is 36.9. The lowest BCUT2D eigenvalue weighted by molar-refractivity contribution is 0.171. The molecular formula is C18H15ClF2N8O. The third-order valence-corrected chi connectivity index (χ3v) is 5.07. The van der Waals surface area contributed by atoms with E-state index in [0.717, 1.165) is 6.20 Å². The number of rotatable bonds is 1. The van der Waals surface area contributed by atoms with Crippen LogP contribution in [0.1, 0.15) is 11.4 Å². The van der Waals surface area contributed by atoms with Gasteiger partial charge in [0.15, 0.2) is 17.0 Å². The zero-order valence-electron chi connectivity index (χ0n) is 15.9. The lowest BCUT2D eigenvalue weighted by Crippen LogP contribution is -2.20. The third kappa shape index (κ3) is 3.02. The first-order chi connectivity index (χ1) is 14.4. The molecule has 1 aliphatic heterocycles. The molecule has 0 radical (unpaired) electrons. The van der Waals surface area contributed by atoms with Gasteiger partial charge in [0.25, 0.3) is 5.88 Å². The second kappa shape index (κ2) is 6.87. The van der Waals surface area contributed by atoms with E-state index in [4.69, 9.17) is 16.3 Å². The van der Waals surface area contributed by atoms with Gasteiger partial charge in [-0.2, -0.15) is 10.1 Å². The van der Waals surface area contributed by atoms with Crippen LogP contribution in [0.25, 0.3) is 16.7 Å². The fraction of sp³-hybridized carbons (Fsp3) is 0.278. The minimum Gasteiger partial charge on any atom is -0.472 e. The molecule has 12 heteroatoms. The van der Waals surface area contributed by atoms with Crippen molar-refractivity contribution in [2.45, 2.75) is 26.6 Å². The van der Waals surface area contributed by atoms with Crippen LogP contribution in [0, 0.1) is 19.7 Å². The van der Waals surface area contributed by atoms with Crippen LogP contribution in [0.5, 0.6) is 5.88 Å². The number of anilines is 2. The van der Waals surface area contributed by atoms with Gasteiger partial charge in [0.2, 0.25) is 5.95 Å². The monoisotopic (exact) mass is 432 g/mol. The summed E-state index contributed by atoms with van der Waals surface area (Å²) in [5, 5.41) is 12.3. The smallest absolute Gasteiger partial charge is 0.257 e. The lowest BCUT2D eigenvalue weighted by atomic mass is 10.3. The van der Waals surface area contributed by atoms with Gasteiger partial charge in [-0.15, -0.1) is 5.10 Å². The second-order valence-electron chi connectivity index (χ2n) is 6.87. The summed E-state index contributed by atoms with van der Waals surface area (Å²) in [5.41, 5.74) is 2.44. The number of halogens is 3. The molecule has 0 saturated carbocycles. The van der Waals surface area contributed by atoms with Gasteiger partial charge in [0, 0.05) is 12.3 Å². The summed E-state index contributed by atoms with van der Waals surface area (Å²) in [6.07, 6.45) is 1.25. The number of aromatic nitrogens is 7. The van der Waals surface area contributed by atoms with Crippen molar-refractivity contribution in [1.82, 2.24) is 34.5 Å². The summed E-state index contributed by atoms with van der Waals surface area (Å²) in [6, 6.07) is 1.32. The summed E-state index contributed by atoms with van der Waals surface area (Å²) in [5.74, 6) is -0.126. The topological polar surface area (TPSA) is 95.6 Å². The Labute approximate surface area is 173 Å². The predicted molar refractivity (Wildman–Crippen MR) is 105 cm³/mol. The molecule has 0 spiro atoms. The third-order valence-electron chi connectivity index (χ3n) is 4.79. The summed E-state index contributed by atoms with van der Waals surface area (Å²) >= 11 is 6.12. The molecule has 4 aromatic rings. The summed E-state index contributed by atoms with van der Waals surface area (Å²) in [7, 11) is 0. The molecule has 5 heterocycles. The highest BCUT2D eigenvalue weighted by Gasteiger charge is 2.24. The highest BCUT2D eigenvalue weighted by Crippen LogP contribution is 2.33. The first kappa shape index (κ1) is 18.7. The molecule has 0 saturated heterocycles. The normalized spacial score (nSPS) is 16.1. The number of pyridine rings is 1. The van der Waals surface area contributed by atoms with E-state index in [2.05, 4.69) is 30.5 Å². The standard InChI is InChI=1S/C18H15ClF2N8O/c1-8-13(3-10(20)4-22-8)29-9(2)14-17(27-29)30-7-11(21)6-28-16-12(15(19)26-28)5-23-18(24-14)25-16/h3-5,11H,6-7H2,1-2H3,(H,23,24,25)/t11-/m0/s1. The molecule has 1 aliphatic rings. The number of nitrogens with one attached hydrogen (secondary N) is 1. The molecule has 5 rings (SSSR count). The van der Waals surface area contributed by atoms with Gasteiger partial charge in [-0.1, -0.05) is 11.6 Å². The van der Waals surface area contributed by atoms with E-state index in [1.807, 2.05) is 0 Å². The first-order valence-electron chi connectivity index (χ1n) is 9.06. The van der Waals surface area contributed by atoms with Crippen molar-refractivity contribution in [2.24, 2.45) is 0 Å². The molecule has 30 heavy (non-hydrogen) atoms. The van der Waals surface area contributed by atoms with E-state index < -0.39 is 12.0 Å². The van der Waals surface area contributed by atoms with Crippen LogP contribution in [0.4, 0.5) is 20.4 Å². The Kier molecular flexibility index (Phi) is 4.28. The van der Waals surface area contributed by atoms with Crippen LogP contribution in [-0.4, -0.2) is 47.3 Å². The Morgan fingerprint density at radius 2 is 2.07 bits per heavy atom. The molecule has 4 aromatic heterocycles. The molecule has 1 atom stereocenters. The Hall–Kier alpha value is -3.34. The highest BCUT2D eigenvalue weighted by atomic mass is 35.5. The molecule has 0 aromatic carbocycles. The fourth-order valence-electron chi connectivity index (χ4n) is 3.30. The molecule has 0 unspecified atom stereocenters. The van der Waals surface area contributed by atoms with Gasteiger partial charge in [0.05, 0.1) is 35.2 Å². The predicted octanol–water partition coefficient (Wildman–Crippen LogP) is 3.29. The van der Waals surface area contributed by atoms with E-state index in [1.54, 1.807) is 13.8 Å². The Morgan fingerprint density at radius 1 is 1.23 bits per heavy atom. The molecule has 0 aliphatic carbocycles. The molecule has 0 amide bonds. The molecule has 154 valence electrons. The second-order valence-corrected chi connectivity index (χ2v) is 7.23. The van der Waals surface area contributed by atoms with E-state index in [9.17, 15) is 8.78 Å². The van der Waals surface area contributed by atoms with Gasteiger partial charge in [0.1, 0.15) is 18.1 Å². The number of alkyl halides is 1. The maximum atomic E-state index is 14.6. The van der Waals surface area contributed by atoms with Crippen molar-refractivity contribution >= 4 is 34.3 Å². The maximum absolute atomic E-state index is 14.6. The van der Waals surface area contributed by atoms with Crippen molar-refractivity contribution < 1.29 is 13.5 Å². The lowest BCUT2D eigenvalue weighted by Gasteiger charge is -2.09. The van der Waals surface area contributed by atoms with Crippen LogP contribution in [-0.2, 0) is 6.54 Å². The van der Waals surface area contributed by atoms with Crippen LogP contribution in [0.2, 0.25) is 5.15 Å². The van der Waals surface area contributed by atoms with Gasteiger partial charge in [-0.25, -0.2) is 23.1 Å². The number of fused-ring (bicyclic) bond motifs is 2. The summed E-state index contributed by atoms with van der Waals surface area (Å²) in [6.45, 7) is 3.13. The van der Waals surface area contributed by atoms with Gasteiger partial charge in [-0.3, -0.25) is 4.98 Å². The number of ether oxygens (including phenoxy) is 1. The SMILES string of the molecule is Cc1ncc(F)cc1-n1nc2c(c1C)Nc1ncc3c(Cl)nn(c3n1)C[C@H](F)CO2. The van der Waals surface area contributed by atoms with Gasteiger partial charge in [-0.05, 0) is 13.8 Å². The minimum absolute atomic E-state index is 0.0956. The number of aryl methyl sites for hydroxylation is 1. The maximum Gasteiger partial charge on any atom is 0.257 e. The van der Waals surface area contributed by atoms with E-state index in [1.165, 1.54) is 21.6 Å². The fourth-order valence-corrected chi connectivity index (χ4v) is 3.52. The first-order valence-corrected chi connectivity index (χ1v) is 9.43. The van der Waals surface area contributed by atoms with Gasteiger partial charge >= 0.3 is 0 Å². The number of hydrogen-bond donors (Lipinski definition) is 1. The molecule has 9 nitrogen and oxygen atoms in total. The van der Waals surface area contributed by atoms with E-state index in [0.29, 0.717) is 33.8 Å². The highest BCUT2D eigenvalue weighted by molar-refractivity contribution is 6.34. The number of nitrogens with zero attached hydrogens (tertiary/aromatic N) is 7. The zero-order valence-corrected chi connectivity index (χ0v) is 16.7. The van der Waals surface area contributed by atoms with Crippen molar-refractivity contribution in [1.29, 1.82) is 0 Å². The van der Waals surface area contributed by atoms with Crippen LogP contribution >= 0.6 is 11.6 Å². The minimum atomic E-state index is -1.39. The van der Waals surface area contributed by atoms with Crippen LogP contribution in [0.15, 0.2) is 18.5 Å². The average molecular weight is 433 g/mol. The zero-order chi connectivity index (χ0) is 21.0. The van der Waals surface area contributed by atoms with Crippen molar-refractivity contribution in [3.05, 3.63) is 40.8 Å². The Bertz CT molecular complexity index is 1290. The van der Waals surface area contributed by atoms with Crippen LogP contribution in [0.3, 0.4) is 0 Å². The van der Waals surface area contributed by atoms with Gasteiger partial charge < -0.3 is 10.1 Å². The molecular weight excluding hydrogens is 418 g/mol. The summed E-state index contributed by atoms with van der Waals surface area (Å²) in [4.78, 5) is 12.7.